The van der Waals surface area contributed by atoms with Crippen LogP contribution in [-0.2, 0) is 22.6 Å². The van der Waals surface area contributed by atoms with Gasteiger partial charge in [0.25, 0.3) is 0 Å². The Kier molecular flexibility index (Phi) is 6.27. The van der Waals surface area contributed by atoms with Crippen LogP contribution >= 0.6 is 0 Å². The van der Waals surface area contributed by atoms with Crippen LogP contribution in [0.2, 0.25) is 0 Å². The van der Waals surface area contributed by atoms with Gasteiger partial charge in [0.15, 0.2) is 0 Å². The average Bonchev–Trinajstić information content (AvgIpc) is 3.02. The van der Waals surface area contributed by atoms with Crippen molar-refractivity contribution < 1.29 is 19.1 Å². The quantitative estimate of drug-likeness (QED) is 0.743. The minimum Gasteiger partial charge on any atom is -0.481 e. The smallest absolute Gasteiger partial charge is 0.316 e. The van der Waals surface area contributed by atoms with Crippen LogP contribution in [0, 0.1) is 11.7 Å². The van der Waals surface area contributed by atoms with Gasteiger partial charge in [-0.2, -0.15) is 5.10 Å². The van der Waals surface area contributed by atoms with E-state index in [4.69, 9.17) is 0 Å². The number of aromatic nitrogens is 2. The Labute approximate surface area is 145 Å². The van der Waals surface area contributed by atoms with Crippen molar-refractivity contribution in [1.82, 2.24) is 14.7 Å². The van der Waals surface area contributed by atoms with Crippen LogP contribution in [0.4, 0.5) is 4.39 Å². The highest BCUT2D eigenvalue weighted by Crippen LogP contribution is 2.14. The summed E-state index contributed by atoms with van der Waals surface area (Å²) in [7, 11) is 0. The minimum atomic E-state index is -1.15. The van der Waals surface area contributed by atoms with Crippen molar-refractivity contribution in [3.05, 3.63) is 53.6 Å². The standard InChI is InChI=1S/C18H22FN3O3/c1-3-21(4-2)17(23)15(18(24)25)9-13-10-20-22(11-13)12-14-7-5-6-8-16(14)19/h5-8,10-11,15H,3-4,9,12H2,1-2H3,(H,24,25). The van der Waals surface area contributed by atoms with E-state index >= 15 is 0 Å². The minimum absolute atomic E-state index is 0.0575. The number of benzene rings is 1. The first-order valence-electron chi connectivity index (χ1n) is 8.22. The molecule has 0 aliphatic rings. The number of nitrogens with zero attached hydrogens (tertiary/aromatic N) is 3. The van der Waals surface area contributed by atoms with E-state index in [1.165, 1.54) is 21.8 Å². The molecule has 6 nitrogen and oxygen atoms in total. The fourth-order valence-electron chi connectivity index (χ4n) is 2.67. The number of halogens is 1. The zero-order valence-electron chi connectivity index (χ0n) is 14.4. The van der Waals surface area contributed by atoms with Gasteiger partial charge in [-0.1, -0.05) is 18.2 Å². The fraction of sp³-hybridized carbons (Fsp3) is 0.389. The normalized spacial score (nSPS) is 12.0. The number of carbonyl (C=O) groups excluding carboxylic acids is 1. The van der Waals surface area contributed by atoms with Crippen LogP contribution in [0.1, 0.15) is 25.0 Å². The van der Waals surface area contributed by atoms with Crippen molar-refractivity contribution in [3.63, 3.8) is 0 Å². The van der Waals surface area contributed by atoms with E-state index in [0.29, 0.717) is 24.2 Å². The summed E-state index contributed by atoms with van der Waals surface area (Å²) in [5.41, 5.74) is 1.12. The van der Waals surface area contributed by atoms with E-state index in [-0.39, 0.29) is 18.8 Å². The zero-order valence-corrected chi connectivity index (χ0v) is 14.4. The molecule has 1 atom stereocenters. The maximum atomic E-state index is 13.7. The summed E-state index contributed by atoms with van der Waals surface area (Å²) < 4.78 is 15.2. The molecular weight excluding hydrogens is 325 g/mol. The van der Waals surface area contributed by atoms with Crippen LogP contribution in [0.5, 0.6) is 0 Å². The summed E-state index contributed by atoms with van der Waals surface area (Å²) in [6.45, 7) is 4.80. The van der Waals surface area contributed by atoms with Gasteiger partial charge >= 0.3 is 5.97 Å². The Hall–Kier alpha value is -2.70. The maximum absolute atomic E-state index is 13.7. The van der Waals surface area contributed by atoms with Gasteiger partial charge in [-0.05, 0) is 31.9 Å². The van der Waals surface area contributed by atoms with E-state index < -0.39 is 17.8 Å². The van der Waals surface area contributed by atoms with Gasteiger partial charge in [0, 0.05) is 24.8 Å². The van der Waals surface area contributed by atoms with Gasteiger partial charge in [-0.15, -0.1) is 0 Å². The first-order valence-corrected chi connectivity index (χ1v) is 8.22. The van der Waals surface area contributed by atoms with Gasteiger partial charge in [0.2, 0.25) is 5.91 Å². The number of carboxylic acids is 1. The number of carbonyl (C=O) groups is 2. The molecule has 0 aliphatic heterocycles. The van der Waals surface area contributed by atoms with Crippen LogP contribution < -0.4 is 0 Å². The molecular formula is C18H22FN3O3. The highest BCUT2D eigenvalue weighted by molar-refractivity contribution is 5.97. The molecule has 25 heavy (non-hydrogen) atoms. The number of hydrogen-bond donors (Lipinski definition) is 1. The Balaban J connectivity index is 2.11. The van der Waals surface area contributed by atoms with E-state index in [1.807, 2.05) is 13.8 Å². The highest BCUT2D eigenvalue weighted by atomic mass is 19.1. The van der Waals surface area contributed by atoms with Gasteiger partial charge < -0.3 is 10.0 Å². The van der Waals surface area contributed by atoms with Crippen molar-refractivity contribution in [2.45, 2.75) is 26.8 Å². The lowest BCUT2D eigenvalue weighted by atomic mass is 10.00. The number of aliphatic carboxylic acids is 1. The highest BCUT2D eigenvalue weighted by Gasteiger charge is 2.30. The van der Waals surface area contributed by atoms with Gasteiger partial charge in [-0.25, -0.2) is 4.39 Å². The molecule has 1 unspecified atom stereocenters. The van der Waals surface area contributed by atoms with Gasteiger partial charge in [0.05, 0.1) is 12.7 Å². The first kappa shape index (κ1) is 18.6. The number of amides is 1. The monoisotopic (exact) mass is 347 g/mol. The first-order chi connectivity index (χ1) is 12.0. The average molecular weight is 347 g/mol. The molecule has 1 amide bonds. The van der Waals surface area contributed by atoms with Gasteiger partial charge in [-0.3, -0.25) is 14.3 Å². The lowest BCUT2D eigenvalue weighted by Crippen LogP contribution is -2.40. The van der Waals surface area contributed by atoms with E-state index in [0.717, 1.165) is 0 Å². The molecule has 0 saturated carbocycles. The summed E-state index contributed by atoms with van der Waals surface area (Å²) in [6.07, 6.45) is 3.23. The SMILES string of the molecule is CCN(CC)C(=O)C(Cc1cnn(Cc2ccccc2F)c1)C(=O)O. The second-order valence-electron chi connectivity index (χ2n) is 5.74. The van der Waals surface area contributed by atoms with Crippen molar-refractivity contribution in [2.75, 3.05) is 13.1 Å². The predicted molar refractivity (Wildman–Crippen MR) is 90.5 cm³/mol. The third-order valence-electron chi connectivity index (χ3n) is 4.09. The largest absolute Gasteiger partial charge is 0.481 e. The molecule has 134 valence electrons. The molecule has 0 bridgehead atoms. The Morgan fingerprint density at radius 2 is 1.96 bits per heavy atom. The molecule has 1 aromatic heterocycles. The molecule has 0 aliphatic carbocycles. The second kappa shape index (κ2) is 8.41. The summed E-state index contributed by atoms with van der Waals surface area (Å²) >= 11 is 0. The van der Waals surface area contributed by atoms with E-state index in [9.17, 15) is 19.1 Å². The zero-order chi connectivity index (χ0) is 18.4. The Morgan fingerprint density at radius 1 is 1.28 bits per heavy atom. The molecule has 1 N–H and O–H groups in total. The molecule has 0 fully saturated rings. The molecule has 0 radical (unpaired) electrons. The van der Waals surface area contributed by atoms with Gasteiger partial charge in [0.1, 0.15) is 11.7 Å². The molecule has 0 spiro atoms. The van der Waals surface area contributed by atoms with Crippen LogP contribution in [0.3, 0.4) is 0 Å². The summed E-state index contributed by atoms with van der Waals surface area (Å²) in [5, 5.41) is 13.5. The predicted octanol–water partition coefficient (Wildman–Crippen LogP) is 2.18. The molecule has 2 rings (SSSR count). The third-order valence-corrected chi connectivity index (χ3v) is 4.09. The number of carboxylic acid groups (broad SMARTS) is 1. The topological polar surface area (TPSA) is 75.4 Å². The van der Waals surface area contributed by atoms with Crippen molar-refractivity contribution in [1.29, 1.82) is 0 Å². The lowest BCUT2D eigenvalue weighted by molar-refractivity contribution is -0.150. The molecule has 0 saturated heterocycles. The second-order valence-corrected chi connectivity index (χ2v) is 5.74. The van der Waals surface area contributed by atoms with Crippen LogP contribution in [0.25, 0.3) is 0 Å². The van der Waals surface area contributed by atoms with Crippen molar-refractivity contribution >= 4 is 11.9 Å². The molecule has 2 aromatic rings. The van der Waals surface area contributed by atoms with Crippen molar-refractivity contribution in [3.8, 4) is 0 Å². The van der Waals surface area contributed by atoms with E-state index in [2.05, 4.69) is 5.10 Å². The summed E-state index contributed by atoms with van der Waals surface area (Å²) in [6, 6.07) is 6.40. The van der Waals surface area contributed by atoms with Crippen molar-refractivity contribution in [2.24, 2.45) is 5.92 Å². The number of hydrogen-bond acceptors (Lipinski definition) is 3. The van der Waals surface area contributed by atoms with Crippen LogP contribution in [-0.4, -0.2) is 44.8 Å². The Morgan fingerprint density at radius 3 is 2.56 bits per heavy atom. The maximum Gasteiger partial charge on any atom is 0.316 e. The summed E-state index contributed by atoms with van der Waals surface area (Å²) in [4.78, 5) is 25.4. The molecule has 1 heterocycles. The van der Waals surface area contributed by atoms with E-state index in [1.54, 1.807) is 24.4 Å². The summed E-state index contributed by atoms with van der Waals surface area (Å²) in [5.74, 6) is -3.02. The van der Waals surface area contributed by atoms with Crippen LogP contribution in [0.15, 0.2) is 36.7 Å². The third kappa shape index (κ3) is 4.65. The molecule has 1 aromatic carbocycles. The fourth-order valence-corrected chi connectivity index (χ4v) is 2.67. The lowest BCUT2D eigenvalue weighted by Gasteiger charge is -2.22. The molecule has 7 heteroatoms. The number of rotatable bonds is 8. The Bertz CT molecular complexity index is 741.